The second-order valence-electron chi connectivity index (χ2n) is 5.64. The highest BCUT2D eigenvalue weighted by atomic mass is 32.2. The van der Waals surface area contributed by atoms with Gasteiger partial charge in [0, 0.05) is 16.0 Å². The number of aromatic nitrogens is 2. The van der Waals surface area contributed by atoms with Gasteiger partial charge in [-0.2, -0.15) is 0 Å². The van der Waals surface area contributed by atoms with Gasteiger partial charge < -0.3 is 4.42 Å². The van der Waals surface area contributed by atoms with E-state index < -0.39 is 0 Å². The quantitative estimate of drug-likeness (QED) is 0.672. The molecule has 0 radical (unpaired) electrons. The number of benzene rings is 2. The third kappa shape index (κ3) is 4.09. The van der Waals surface area contributed by atoms with E-state index in [1.165, 1.54) is 0 Å². The lowest BCUT2D eigenvalue weighted by molar-refractivity contribution is 0.102. The van der Waals surface area contributed by atoms with Crippen molar-refractivity contribution in [3.8, 4) is 11.5 Å². The van der Waals surface area contributed by atoms with Crippen LogP contribution in [0.1, 0.15) is 28.4 Å². The van der Waals surface area contributed by atoms with Gasteiger partial charge in [0.25, 0.3) is 5.91 Å². The summed E-state index contributed by atoms with van der Waals surface area (Å²) < 4.78 is 5.60. The number of amides is 1. The Morgan fingerprint density at radius 1 is 1.12 bits per heavy atom. The first-order chi connectivity index (χ1) is 12.1. The van der Waals surface area contributed by atoms with E-state index in [4.69, 9.17) is 4.42 Å². The summed E-state index contributed by atoms with van der Waals surface area (Å²) in [5.74, 6) is 1.12. The van der Waals surface area contributed by atoms with Gasteiger partial charge in [-0.25, -0.2) is 0 Å². The van der Waals surface area contributed by atoms with Crippen molar-refractivity contribution in [3.63, 3.8) is 0 Å². The highest BCUT2D eigenvalue weighted by molar-refractivity contribution is 7.99. The van der Waals surface area contributed by atoms with Crippen molar-refractivity contribution in [2.75, 3.05) is 11.1 Å². The summed E-state index contributed by atoms with van der Waals surface area (Å²) >= 11 is 1.73. The summed E-state index contributed by atoms with van der Waals surface area (Å²) in [7, 11) is 0. The van der Waals surface area contributed by atoms with Crippen molar-refractivity contribution in [1.29, 1.82) is 0 Å². The molecular weight excluding hydrogens is 334 g/mol. The van der Waals surface area contributed by atoms with Gasteiger partial charge in [0.05, 0.1) is 0 Å². The number of thioether (sulfide) groups is 1. The van der Waals surface area contributed by atoms with E-state index in [2.05, 4.69) is 22.4 Å². The van der Waals surface area contributed by atoms with E-state index in [1.807, 2.05) is 44.2 Å². The minimum atomic E-state index is -0.274. The molecule has 128 valence electrons. The van der Waals surface area contributed by atoms with Crippen molar-refractivity contribution in [2.45, 2.75) is 25.7 Å². The Kier molecular flexibility index (Phi) is 5.19. The molecular formula is C19H19N3O2S. The lowest BCUT2D eigenvalue weighted by atomic mass is 10.1. The Bertz CT molecular complexity index is 888. The Morgan fingerprint density at radius 2 is 1.88 bits per heavy atom. The first-order valence-corrected chi connectivity index (χ1v) is 9.00. The number of nitrogens with one attached hydrogen (secondary N) is 1. The van der Waals surface area contributed by atoms with Crippen LogP contribution in [0.25, 0.3) is 11.5 Å². The van der Waals surface area contributed by atoms with E-state index in [9.17, 15) is 4.79 Å². The van der Waals surface area contributed by atoms with Gasteiger partial charge in [-0.15, -0.1) is 16.9 Å². The van der Waals surface area contributed by atoms with E-state index in [-0.39, 0.29) is 11.9 Å². The maximum atomic E-state index is 12.3. The molecule has 0 fully saturated rings. The molecule has 1 heterocycles. The van der Waals surface area contributed by atoms with Gasteiger partial charge in [-0.3, -0.25) is 10.1 Å². The average Bonchev–Trinajstić information content (AvgIpc) is 3.06. The predicted octanol–water partition coefficient (Wildman–Crippen LogP) is 4.72. The zero-order valence-electron chi connectivity index (χ0n) is 14.4. The van der Waals surface area contributed by atoms with Crippen LogP contribution in [0.5, 0.6) is 0 Å². The Labute approximate surface area is 150 Å². The number of carbonyl (C=O) groups is 1. The Balaban J connectivity index is 1.74. The van der Waals surface area contributed by atoms with Crippen LogP contribution in [0.3, 0.4) is 0 Å². The molecule has 0 saturated carbocycles. The predicted molar refractivity (Wildman–Crippen MR) is 100 cm³/mol. The smallest absolute Gasteiger partial charge is 0.322 e. The highest BCUT2D eigenvalue weighted by Gasteiger charge is 2.14. The number of hydrogen-bond acceptors (Lipinski definition) is 5. The van der Waals surface area contributed by atoms with Gasteiger partial charge >= 0.3 is 6.01 Å². The summed E-state index contributed by atoms with van der Waals surface area (Å²) in [5, 5.41) is 10.6. The van der Waals surface area contributed by atoms with Gasteiger partial charge in [0.1, 0.15) is 0 Å². The van der Waals surface area contributed by atoms with E-state index >= 15 is 0 Å². The largest absolute Gasteiger partial charge is 0.403 e. The lowest BCUT2D eigenvalue weighted by Gasteiger charge is -2.03. The molecule has 3 rings (SSSR count). The van der Waals surface area contributed by atoms with Crippen LogP contribution in [0, 0.1) is 13.8 Å². The van der Waals surface area contributed by atoms with Crippen LogP contribution >= 0.6 is 11.8 Å². The zero-order valence-corrected chi connectivity index (χ0v) is 15.2. The van der Waals surface area contributed by atoms with Crippen LogP contribution in [0.4, 0.5) is 6.01 Å². The third-order valence-corrected chi connectivity index (χ3v) is 4.59. The molecule has 5 nitrogen and oxygen atoms in total. The number of nitrogens with zero attached hydrogens (tertiary/aromatic N) is 2. The molecule has 0 aliphatic carbocycles. The number of hydrogen-bond donors (Lipinski definition) is 1. The van der Waals surface area contributed by atoms with Crippen molar-refractivity contribution >= 4 is 23.7 Å². The molecule has 1 aromatic heterocycles. The fourth-order valence-corrected chi connectivity index (χ4v) is 3.05. The van der Waals surface area contributed by atoms with Crippen molar-refractivity contribution in [2.24, 2.45) is 0 Å². The first-order valence-electron chi connectivity index (χ1n) is 8.02. The van der Waals surface area contributed by atoms with E-state index in [1.54, 1.807) is 23.9 Å². The molecule has 6 heteroatoms. The highest BCUT2D eigenvalue weighted by Crippen LogP contribution is 2.25. The van der Waals surface area contributed by atoms with E-state index in [0.29, 0.717) is 11.5 Å². The minimum absolute atomic E-state index is 0.0907. The standard InChI is InChI=1S/C19H19N3O2S/c1-4-25-15-9-7-14(8-10-15)17(23)20-19-22-21-18(24-19)16-11-12(2)5-6-13(16)3/h5-11H,4H2,1-3H3,(H,20,22,23). The van der Waals surface area contributed by atoms with Crippen LogP contribution in [-0.2, 0) is 0 Å². The molecule has 0 unspecified atom stereocenters. The summed E-state index contributed by atoms with van der Waals surface area (Å²) in [6.45, 7) is 6.07. The van der Waals surface area contributed by atoms with Crippen LogP contribution in [0.15, 0.2) is 51.8 Å². The second kappa shape index (κ2) is 7.53. The molecule has 1 amide bonds. The van der Waals surface area contributed by atoms with E-state index in [0.717, 1.165) is 27.3 Å². The number of rotatable bonds is 5. The number of carbonyl (C=O) groups excluding carboxylic acids is 1. The fourth-order valence-electron chi connectivity index (χ4n) is 2.39. The maximum Gasteiger partial charge on any atom is 0.322 e. The third-order valence-electron chi connectivity index (χ3n) is 3.70. The second-order valence-corrected chi connectivity index (χ2v) is 6.98. The topological polar surface area (TPSA) is 68.0 Å². The Hall–Kier alpha value is -2.60. The summed E-state index contributed by atoms with van der Waals surface area (Å²) in [6, 6.07) is 13.5. The van der Waals surface area contributed by atoms with Crippen molar-refractivity contribution in [3.05, 3.63) is 59.2 Å². The molecule has 2 aromatic carbocycles. The molecule has 0 saturated heterocycles. The average molecular weight is 353 g/mol. The molecule has 0 aliphatic rings. The molecule has 0 atom stereocenters. The van der Waals surface area contributed by atoms with Gasteiger partial charge in [-0.1, -0.05) is 29.7 Å². The normalized spacial score (nSPS) is 10.7. The summed E-state index contributed by atoms with van der Waals surface area (Å²) in [4.78, 5) is 13.4. The number of anilines is 1. The van der Waals surface area contributed by atoms with Gasteiger partial charge in [-0.05, 0) is 55.5 Å². The molecule has 25 heavy (non-hydrogen) atoms. The summed E-state index contributed by atoms with van der Waals surface area (Å²) in [5.41, 5.74) is 3.56. The Morgan fingerprint density at radius 3 is 2.60 bits per heavy atom. The van der Waals surface area contributed by atoms with Crippen LogP contribution in [-0.4, -0.2) is 21.9 Å². The minimum Gasteiger partial charge on any atom is -0.403 e. The van der Waals surface area contributed by atoms with Gasteiger partial charge in [0.15, 0.2) is 0 Å². The molecule has 0 bridgehead atoms. The molecule has 0 aliphatic heterocycles. The summed E-state index contributed by atoms with van der Waals surface area (Å²) in [6.07, 6.45) is 0. The molecule has 1 N–H and O–H groups in total. The number of aryl methyl sites for hydroxylation is 2. The molecule has 0 spiro atoms. The monoisotopic (exact) mass is 353 g/mol. The fraction of sp³-hybridized carbons (Fsp3) is 0.211. The van der Waals surface area contributed by atoms with Crippen LogP contribution in [0.2, 0.25) is 0 Å². The first kappa shape index (κ1) is 17.2. The lowest BCUT2D eigenvalue weighted by Crippen LogP contribution is -2.11. The molecule has 3 aromatic rings. The van der Waals surface area contributed by atoms with Crippen LogP contribution < -0.4 is 5.32 Å². The SMILES string of the molecule is CCSc1ccc(C(=O)Nc2nnc(-c3cc(C)ccc3C)o2)cc1. The zero-order chi connectivity index (χ0) is 17.8. The van der Waals surface area contributed by atoms with Gasteiger partial charge in [0.2, 0.25) is 5.89 Å². The van der Waals surface area contributed by atoms with Crippen molar-refractivity contribution in [1.82, 2.24) is 10.2 Å². The maximum absolute atomic E-state index is 12.3. The van der Waals surface area contributed by atoms with Crippen molar-refractivity contribution < 1.29 is 9.21 Å².